The summed E-state index contributed by atoms with van der Waals surface area (Å²) in [6.07, 6.45) is 2.80. The van der Waals surface area contributed by atoms with Crippen molar-refractivity contribution in [1.82, 2.24) is 4.98 Å². The summed E-state index contributed by atoms with van der Waals surface area (Å²) >= 11 is 0. The molecule has 0 spiro atoms. The van der Waals surface area contributed by atoms with E-state index in [4.69, 9.17) is 0 Å². The molecule has 0 atom stereocenters. The van der Waals surface area contributed by atoms with Crippen LogP contribution in [0.4, 0.5) is 11.4 Å². The third kappa shape index (κ3) is 4.73. The molecule has 0 aliphatic heterocycles. The van der Waals surface area contributed by atoms with Crippen LogP contribution in [0.15, 0.2) is 60.9 Å². The number of pyridine rings is 1. The standard InChI is InChI=1S/C23H21N3O3/c1-14-6-4-9-21(15(14)2)26-23(29)19-10-18(12-24-13-19)22(28)25-20-8-5-7-17(11-20)16(3)27/h4-13H,1-3H3,(H,25,28)(H,26,29). The minimum atomic E-state index is -0.417. The van der Waals surface area contributed by atoms with Crippen LogP contribution >= 0.6 is 0 Å². The van der Waals surface area contributed by atoms with Crippen molar-refractivity contribution in [1.29, 1.82) is 0 Å². The van der Waals surface area contributed by atoms with Crippen molar-refractivity contribution in [3.05, 3.63) is 88.7 Å². The van der Waals surface area contributed by atoms with E-state index in [1.165, 1.54) is 25.4 Å². The maximum atomic E-state index is 12.6. The Kier molecular flexibility index (Phi) is 5.83. The van der Waals surface area contributed by atoms with Crippen LogP contribution in [-0.4, -0.2) is 22.6 Å². The average Bonchev–Trinajstić information content (AvgIpc) is 2.71. The number of rotatable bonds is 5. The SMILES string of the molecule is CC(=O)c1cccc(NC(=O)c2cncc(C(=O)Nc3cccc(C)c3C)c2)c1. The fourth-order valence-electron chi connectivity index (χ4n) is 2.79. The molecule has 0 radical (unpaired) electrons. The van der Waals surface area contributed by atoms with Crippen LogP contribution in [0.2, 0.25) is 0 Å². The molecule has 3 aromatic rings. The molecule has 146 valence electrons. The van der Waals surface area contributed by atoms with Gasteiger partial charge in [-0.1, -0.05) is 24.3 Å². The van der Waals surface area contributed by atoms with Gasteiger partial charge in [0.15, 0.2) is 5.78 Å². The normalized spacial score (nSPS) is 10.3. The van der Waals surface area contributed by atoms with Crippen LogP contribution in [0, 0.1) is 13.8 Å². The molecule has 2 aromatic carbocycles. The van der Waals surface area contributed by atoms with Gasteiger partial charge in [-0.25, -0.2) is 0 Å². The predicted octanol–water partition coefficient (Wildman–Crippen LogP) is 4.41. The van der Waals surface area contributed by atoms with Gasteiger partial charge in [0, 0.05) is 29.3 Å². The summed E-state index contributed by atoms with van der Waals surface area (Å²) in [6, 6.07) is 13.8. The Labute approximate surface area is 169 Å². The van der Waals surface area contributed by atoms with E-state index in [9.17, 15) is 14.4 Å². The molecule has 6 nitrogen and oxygen atoms in total. The Morgan fingerprint density at radius 1 is 0.793 bits per heavy atom. The maximum Gasteiger partial charge on any atom is 0.257 e. The molecule has 0 saturated carbocycles. The molecular formula is C23H21N3O3. The fraction of sp³-hybridized carbons (Fsp3) is 0.130. The number of nitrogens with zero attached hydrogens (tertiary/aromatic N) is 1. The zero-order valence-corrected chi connectivity index (χ0v) is 16.4. The molecule has 1 aromatic heterocycles. The van der Waals surface area contributed by atoms with Crippen LogP contribution in [0.25, 0.3) is 0 Å². The number of amides is 2. The molecule has 29 heavy (non-hydrogen) atoms. The Bertz CT molecular complexity index is 1110. The van der Waals surface area contributed by atoms with Gasteiger partial charge in [-0.05, 0) is 56.2 Å². The van der Waals surface area contributed by atoms with Crippen LogP contribution < -0.4 is 10.6 Å². The van der Waals surface area contributed by atoms with E-state index in [0.717, 1.165) is 11.1 Å². The number of aromatic nitrogens is 1. The minimum absolute atomic E-state index is 0.0899. The summed E-state index contributed by atoms with van der Waals surface area (Å²) in [5.74, 6) is -0.855. The first-order valence-corrected chi connectivity index (χ1v) is 9.10. The van der Waals surface area contributed by atoms with Crippen LogP contribution in [0.5, 0.6) is 0 Å². The number of carbonyl (C=O) groups excluding carboxylic acids is 3. The third-order valence-corrected chi connectivity index (χ3v) is 4.64. The molecule has 0 saturated heterocycles. The largest absolute Gasteiger partial charge is 0.322 e. The van der Waals surface area contributed by atoms with Crippen molar-refractivity contribution in [2.24, 2.45) is 0 Å². The van der Waals surface area contributed by atoms with Gasteiger partial charge in [0.1, 0.15) is 0 Å². The number of hydrogen-bond acceptors (Lipinski definition) is 4. The summed E-state index contributed by atoms with van der Waals surface area (Å²) in [5.41, 5.74) is 4.28. The lowest BCUT2D eigenvalue weighted by molar-refractivity contribution is 0.100. The Hall–Kier alpha value is -3.80. The van der Waals surface area contributed by atoms with Gasteiger partial charge < -0.3 is 10.6 Å². The third-order valence-electron chi connectivity index (χ3n) is 4.64. The van der Waals surface area contributed by atoms with Crippen molar-refractivity contribution in [2.75, 3.05) is 10.6 Å². The van der Waals surface area contributed by atoms with Gasteiger partial charge in [0.25, 0.3) is 11.8 Å². The minimum Gasteiger partial charge on any atom is -0.322 e. The number of aryl methyl sites for hydroxylation is 1. The van der Waals surface area contributed by atoms with E-state index in [2.05, 4.69) is 15.6 Å². The molecule has 0 aliphatic rings. The van der Waals surface area contributed by atoms with Gasteiger partial charge >= 0.3 is 0 Å². The first kappa shape index (κ1) is 19.9. The highest BCUT2D eigenvalue weighted by Crippen LogP contribution is 2.19. The van der Waals surface area contributed by atoms with Crippen LogP contribution in [0.3, 0.4) is 0 Å². The first-order valence-electron chi connectivity index (χ1n) is 9.10. The number of nitrogens with one attached hydrogen (secondary N) is 2. The summed E-state index contributed by atoms with van der Waals surface area (Å²) in [6.45, 7) is 5.36. The molecule has 1 heterocycles. The van der Waals surface area contributed by atoms with Crippen LogP contribution in [0.1, 0.15) is 49.1 Å². The van der Waals surface area contributed by atoms with E-state index >= 15 is 0 Å². The number of Topliss-reactive ketones (excluding diaryl/α,β-unsaturated/α-hetero) is 1. The van der Waals surface area contributed by atoms with Gasteiger partial charge in [0.05, 0.1) is 11.1 Å². The monoisotopic (exact) mass is 387 g/mol. The second-order valence-corrected chi connectivity index (χ2v) is 6.76. The van der Waals surface area contributed by atoms with E-state index in [1.54, 1.807) is 24.3 Å². The zero-order chi connectivity index (χ0) is 21.0. The number of anilines is 2. The van der Waals surface area contributed by atoms with E-state index < -0.39 is 5.91 Å². The molecule has 0 fully saturated rings. The average molecular weight is 387 g/mol. The number of benzene rings is 2. The Morgan fingerprint density at radius 2 is 1.45 bits per heavy atom. The summed E-state index contributed by atoms with van der Waals surface area (Å²) in [4.78, 5) is 40.7. The highest BCUT2D eigenvalue weighted by Gasteiger charge is 2.13. The first-order chi connectivity index (χ1) is 13.8. The van der Waals surface area contributed by atoms with Crippen molar-refractivity contribution >= 4 is 29.0 Å². The van der Waals surface area contributed by atoms with Crippen molar-refractivity contribution < 1.29 is 14.4 Å². The maximum absolute atomic E-state index is 12.6. The van der Waals surface area contributed by atoms with Gasteiger partial charge in [-0.3, -0.25) is 19.4 Å². The van der Waals surface area contributed by atoms with Crippen molar-refractivity contribution in [2.45, 2.75) is 20.8 Å². The summed E-state index contributed by atoms with van der Waals surface area (Å²) in [5, 5.41) is 5.58. The van der Waals surface area contributed by atoms with E-state index in [-0.39, 0.29) is 22.8 Å². The summed E-state index contributed by atoms with van der Waals surface area (Å²) < 4.78 is 0. The van der Waals surface area contributed by atoms with Gasteiger partial charge in [-0.15, -0.1) is 0 Å². The number of ketones is 1. The smallest absolute Gasteiger partial charge is 0.257 e. The Morgan fingerprint density at radius 3 is 2.14 bits per heavy atom. The molecule has 0 aliphatic carbocycles. The highest BCUT2D eigenvalue weighted by molar-refractivity contribution is 6.09. The van der Waals surface area contributed by atoms with Gasteiger partial charge in [0.2, 0.25) is 0 Å². The zero-order valence-electron chi connectivity index (χ0n) is 16.4. The predicted molar refractivity (Wildman–Crippen MR) is 113 cm³/mol. The van der Waals surface area contributed by atoms with E-state index in [1.807, 2.05) is 32.0 Å². The molecular weight excluding hydrogens is 366 g/mol. The quantitative estimate of drug-likeness (QED) is 0.635. The fourth-order valence-corrected chi connectivity index (χ4v) is 2.79. The van der Waals surface area contributed by atoms with Gasteiger partial charge in [-0.2, -0.15) is 0 Å². The lowest BCUT2D eigenvalue weighted by Gasteiger charge is -2.11. The lowest BCUT2D eigenvalue weighted by atomic mass is 10.1. The topological polar surface area (TPSA) is 88.2 Å². The van der Waals surface area contributed by atoms with Crippen molar-refractivity contribution in [3.63, 3.8) is 0 Å². The number of hydrogen-bond donors (Lipinski definition) is 2. The highest BCUT2D eigenvalue weighted by atomic mass is 16.2. The molecule has 2 N–H and O–H groups in total. The lowest BCUT2D eigenvalue weighted by Crippen LogP contribution is -2.17. The van der Waals surface area contributed by atoms with Crippen molar-refractivity contribution in [3.8, 4) is 0 Å². The Balaban J connectivity index is 1.77. The second kappa shape index (κ2) is 8.48. The molecule has 2 amide bonds. The number of carbonyl (C=O) groups is 3. The van der Waals surface area contributed by atoms with E-state index in [0.29, 0.717) is 16.9 Å². The molecule has 0 unspecified atom stereocenters. The second-order valence-electron chi connectivity index (χ2n) is 6.76. The van der Waals surface area contributed by atoms with Crippen LogP contribution in [-0.2, 0) is 0 Å². The molecule has 6 heteroatoms. The molecule has 0 bridgehead atoms. The summed E-state index contributed by atoms with van der Waals surface area (Å²) in [7, 11) is 0. The molecule has 3 rings (SSSR count).